The third-order valence-corrected chi connectivity index (χ3v) is 5.73. The van der Waals surface area contributed by atoms with Gasteiger partial charge in [0, 0.05) is 38.8 Å². The van der Waals surface area contributed by atoms with Crippen LogP contribution in [0.15, 0.2) is 60.7 Å². The summed E-state index contributed by atoms with van der Waals surface area (Å²) in [5, 5.41) is 3.16. The molecule has 1 fully saturated rings. The van der Waals surface area contributed by atoms with Crippen LogP contribution in [-0.4, -0.2) is 55.5 Å². The first-order valence-corrected chi connectivity index (χ1v) is 10.5. The third-order valence-electron chi connectivity index (χ3n) is 5.73. The summed E-state index contributed by atoms with van der Waals surface area (Å²) >= 11 is 0. The Morgan fingerprint density at radius 2 is 1.75 bits per heavy atom. The van der Waals surface area contributed by atoms with E-state index in [-0.39, 0.29) is 11.8 Å². The maximum Gasteiger partial charge on any atom is 0.227 e. The van der Waals surface area contributed by atoms with Gasteiger partial charge in [-0.25, -0.2) is 0 Å². The van der Waals surface area contributed by atoms with E-state index in [9.17, 15) is 4.79 Å². The number of amides is 1. The fourth-order valence-electron chi connectivity index (χ4n) is 4.09. The summed E-state index contributed by atoms with van der Waals surface area (Å²) in [5.74, 6) is 0.0913. The van der Waals surface area contributed by atoms with Crippen molar-refractivity contribution >= 4 is 5.91 Å². The number of rotatable bonds is 8. The van der Waals surface area contributed by atoms with Crippen LogP contribution >= 0.6 is 0 Å². The molecule has 1 saturated heterocycles. The molecule has 0 saturated carbocycles. The molecule has 28 heavy (non-hydrogen) atoms. The van der Waals surface area contributed by atoms with Crippen LogP contribution in [0.2, 0.25) is 0 Å². The largest absolute Gasteiger partial charge is 0.356 e. The lowest BCUT2D eigenvalue weighted by atomic mass is 9.95. The molecule has 2 aromatic carbocycles. The fraction of sp³-hybridized carbons (Fsp3) is 0.458. The zero-order valence-electron chi connectivity index (χ0n) is 17.2. The Labute approximate surface area is 169 Å². The molecule has 1 aliphatic rings. The number of hydrogen-bond donors (Lipinski definition) is 1. The number of nitrogens with one attached hydrogen (secondary N) is 1. The van der Waals surface area contributed by atoms with Crippen molar-refractivity contribution in [1.82, 2.24) is 15.1 Å². The minimum atomic E-state index is -0.0538. The number of nitrogens with zero attached hydrogens (tertiary/aromatic N) is 2. The van der Waals surface area contributed by atoms with Crippen molar-refractivity contribution in [3.63, 3.8) is 0 Å². The molecule has 2 aromatic rings. The fourth-order valence-corrected chi connectivity index (χ4v) is 4.09. The van der Waals surface area contributed by atoms with Gasteiger partial charge in [-0.1, -0.05) is 67.6 Å². The van der Waals surface area contributed by atoms with Crippen molar-refractivity contribution in [2.24, 2.45) is 0 Å². The Kier molecular flexibility index (Phi) is 7.63. The predicted molar refractivity (Wildman–Crippen MR) is 115 cm³/mol. The Bertz CT molecular complexity index is 719. The van der Waals surface area contributed by atoms with Gasteiger partial charge < -0.3 is 10.2 Å². The molecule has 150 valence electrons. The molecule has 2 atom stereocenters. The van der Waals surface area contributed by atoms with Gasteiger partial charge in [0.2, 0.25) is 5.91 Å². The Morgan fingerprint density at radius 3 is 2.43 bits per heavy atom. The van der Waals surface area contributed by atoms with Gasteiger partial charge in [0.15, 0.2) is 0 Å². The SMILES string of the molecule is CCC(C(=O)NCCCN1CCN(C)CC1c1ccccc1)c1ccccc1. The van der Waals surface area contributed by atoms with Gasteiger partial charge >= 0.3 is 0 Å². The molecule has 1 aliphatic heterocycles. The zero-order chi connectivity index (χ0) is 19.8. The summed E-state index contributed by atoms with van der Waals surface area (Å²) in [6, 6.07) is 21.3. The van der Waals surface area contributed by atoms with E-state index in [1.54, 1.807) is 0 Å². The molecule has 1 heterocycles. The summed E-state index contributed by atoms with van der Waals surface area (Å²) in [4.78, 5) is 17.6. The van der Waals surface area contributed by atoms with Crippen molar-refractivity contribution < 1.29 is 4.79 Å². The van der Waals surface area contributed by atoms with Crippen LogP contribution in [0.3, 0.4) is 0 Å². The van der Waals surface area contributed by atoms with Crippen molar-refractivity contribution in [1.29, 1.82) is 0 Å². The minimum absolute atomic E-state index is 0.0538. The van der Waals surface area contributed by atoms with E-state index in [1.807, 2.05) is 30.3 Å². The molecule has 1 N–H and O–H groups in total. The summed E-state index contributed by atoms with van der Waals surface area (Å²) in [5.41, 5.74) is 2.49. The summed E-state index contributed by atoms with van der Waals surface area (Å²) in [6.07, 6.45) is 1.80. The van der Waals surface area contributed by atoms with Crippen LogP contribution in [0.25, 0.3) is 0 Å². The van der Waals surface area contributed by atoms with Gasteiger partial charge in [-0.3, -0.25) is 9.69 Å². The van der Waals surface area contributed by atoms with E-state index in [1.165, 1.54) is 5.56 Å². The highest BCUT2D eigenvalue weighted by Crippen LogP contribution is 2.25. The van der Waals surface area contributed by atoms with Gasteiger partial charge in [-0.2, -0.15) is 0 Å². The summed E-state index contributed by atoms with van der Waals surface area (Å²) < 4.78 is 0. The lowest BCUT2D eigenvalue weighted by molar-refractivity contribution is -0.122. The van der Waals surface area contributed by atoms with E-state index in [0.29, 0.717) is 6.04 Å². The maximum absolute atomic E-state index is 12.6. The molecule has 4 heteroatoms. The molecule has 3 rings (SSSR count). The van der Waals surface area contributed by atoms with Crippen LogP contribution in [0.5, 0.6) is 0 Å². The molecule has 1 amide bonds. The van der Waals surface area contributed by atoms with Crippen molar-refractivity contribution in [2.45, 2.75) is 31.7 Å². The van der Waals surface area contributed by atoms with Gasteiger partial charge in [0.05, 0.1) is 5.92 Å². The molecular formula is C24H33N3O. The standard InChI is InChI=1S/C24H33N3O/c1-3-22(20-11-6-4-7-12-20)24(28)25-15-10-16-27-18-17-26(2)19-23(27)21-13-8-5-9-14-21/h4-9,11-14,22-23H,3,10,15-19H2,1-2H3,(H,25,28). The van der Waals surface area contributed by atoms with Gasteiger partial charge in [0.1, 0.15) is 0 Å². The van der Waals surface area contributed by atoms with Gasteiger partial charge in [0.25, 0.3) is 0 Å². The van der Waals surface area contributed by atoms with Crippen LogP contribution in [0.1, 0.15) is 42.9 Å². The number of piperazine rings is 1. The van der Waals surface area contributed by atoms with Crippen molar-refractivity contribution in [3.05, 3.63) is 71.8 Å². The molecule has 0 aromatic heterocycles. The Morgan fingerprint density at radius 1 is 1.07 bits per heavy atom. The molecular weight excluding hydrogens is 346 g/mol. The number of likely N-dealkylation sites (N-methyl/N-ethyl adjacent to an activating group) is 1. The van der Waals surface area contributed by atoms with Crippen molar-refractivity contribution in [3.8, 4) is 0 Å². The molecule has 2 unspecified atom stereocenters. The average Bonchev–Trinajstić information content (AvgIpc) is 2.74. The van der Waals surface area contributed by atoms with Crippen molar-refractivity contribution in [2.75, 3.05) is 39.8 Å². The van der Waals surface area contributed by atoms with E-state index in [2.05, 4.69) is 59.4 Å². The number of hydrogen-bond acceptors (Lipinski definition) is 3. The van der Waals surface area contributed by atoms with Crippen LogP contribution in [-0.2, 0) is 4.79 Å². The smallest absolute Gasteiger partial charge is 0.227 e. The average molecular weight is 380 g/mol. The summed E-state index contributed by atoms with van der Waals surface area (Å²) in [7, 11) is 2.20. The predicted octanol–water partition coefficient (Wildman–Crippen LogP) is 3.68. The van der Waals surface area contributed by atoms with Gasteiger partial charge in [-0.15, -0.1) is 0 Å². The van der Waals surface area contributed by atoms with Crippen LogP contribution in [0.4, 0.5) is 0 Å². The second kappa shape index (κ2) is 10.4. The van der Waals surface area contributed by atoms with E-state index >= 15 is 0 Å². The normalized spacial score (nSPS) is 19.3. The van der Waals surface area contributed by atoms with Crippen LogP contribution in [0, 0.1) is 0 Å². The number of carbonyl (C=O) groups excluding carboxylic acids is 1. The highest BCUT2D eigenvalue weighted by molar-refractivity contribution is 5.83. The molecule has 0 aliphatic carbocycles. The Hall–Kier alpha value is -2.17. The van der Waals surface area contributed by atoms with Gasteiger partial charge in [-0.05, 0) is 31.0 Å². The Balaban J connectivity index is 1.50. The first kappa shape index (κ1) is 20.6. The second-order valence-electron chi connectivity index (χ2n) is 7.74. The van der Waals surface area contributed by atoms with Crippen LogP contribution < -0.4 is 5.32 Å². The number of benzene rings is 2. The molecule has 0 radical (unpaired) electrons. The van der Waals surface area contributed by atoms with E-state index in [4.69, 9.17) is 0 Å². The highest BCUT2D eigenvalue weighted by Gasteiger charge is 2.26. The monoisotopic (exact) mass is 379 g/mol. The first-order chi connectivity index (χ1) is 13.7. The second-order valence-corrected chi connectivity index (χ2v) is 7.74. The molecule has 0 spiro atoms. The topological polar surface area (TPSA) is 35.6 Å². The van der Waals surface area contributed by atoms with E-state index in [0.717, 1.165) is 51.1 Å². The minimum Gasteiger partial charge on any atom is -0.356 e. The summed E-state index contributed by atoms with van der Waals surface area (Å²) in [6.45, 7) is 7.05. The highest BCUT2D eigenvalue weighted by atomic mass is 16.1. The lowest BCUT2D eigenvalue weighted by Gasteiger charge is -2.40. The lowest BCUT2D eigenvalue weighted by Crippen LogP contribution is -2.47. The zero-order valence-corrected chi connectivity index (χ0v) is 17.2. The quantitative estimate of drug-likeness (QED) is 0.711. The third kappa shape index (κ3) is 5.43. The maximum atomic E-state index is 12.6. The first-order valence-electron chi connectivity index (χ1n) is 10.5. The molecule has 0 bridgehead atoms. The van der Waals surface area contributed by atoms with E-state index < -0.39 is 0 Å². The molecule has 4 nitrogen and oxygen atoms in total. The number of carbonyl (C=O) groups is 1.